The lowest BCUT2D eigenvalue weighted by molar-refractivity contribution is 0.229. The van der Waals surface area contributed by atoms with Crippen molar-refractivity contribution in [1.82, 2.24) is 15.0 Å². The molecule has 0 radical (unpaired) electrons. The van der Waals surface area contributed by atoms with E-state index in [1.165, 1.54) is 0 Å². The van der Waals surface area contributed by atoms with Crippen LogP contribution in [0.2, 0.25) is 0 Å². The summed E-state index contributed by atoms with van der Waals surface area (Å²) in [5.74, 6) is 1.59. The van der Waals surface area contributed by atoms with Crippen LogP contribution < -0.4 is 10.6 Å². The maximum Gasteiger partial charge on any atom is 0.224 e. The van der Waals surface area contributed by atoms with Gasteiger partial charge in [0.2, 0.25) is 5.95 Å². The molecule has 2 atom stereocenters. The summed E-state index contributed by atoms with van der Waals surface area (Å²) >= 11 is 1.63. The summed E-state index contributed by atoms with van der Waals surface area (Å²) in [7, 11) is 0. The van der Waals surface area contributed by atoms with Crippen molar-refractivity contribution in [3.8, 4) is 10.6 Å². The fourth-order valence-electron chi connectivity index (χ4n) is 3.82. The van der Waals surface area contributed by atoms with Crippen LogP contribution in [0.5, 0.6) is 0 Å². The Morgan fingerprint density at radius 1 is 1.21 bits per heavy atom. The summed E-state index contributed by atoms with van der Waals surface area (Å²) in [6.07, 6.45) is 3.35. The van der Waals surface area contributed by atoms with Crippen molar-refractivity contribution in [2.75, 3.05) is 30.5 Å². The number of thiazole rings is 1. The molecule has 1 aliphatic rings. The van der Waals surface area contributed by atoms with Gasteiger partial charge in [-0.05, 0) is 50.7 Å². The number of fused-ring (bicyclic) bond motifs is 1. The first kappa shape index (κ1) is 20.0. The van der Waals surface area contributed by atoms with Gasteiger partial charge in [0, 0.05) is 19.2 Å². The Balaban J connectivity index is 1.69. The van der Waals surface area contributed by atoms with Gasteiger partial charge < -0.3 is 15.7 Å². The van der Waals surface area contributed by atoms with Crippen molar-refractivity contribution >= 4 is 33.3 Å². The van der Waals surface area contributed by atoms with E-state index in [9.17, 15) is 9.50 Å². The lowest BCUT2D eigenvalue weighted by Crippen LogP contribution is -2.19. The molecule has 1 aromatic carbocycles. The minimum atomic E-state index is -0.370. The van der Waals surface area contributed by atoms with Gasteiger partial charge in [-0.15, -0.1) is 11.3 Å². The predicted octanol–water partition coefficient (Wildman–Crippen LogP) is 4.41. The van der Waals surface area contributed by atoms with Crippen LogP contribution in [0.3, 0.4) is 0 Å². The van der Waals surface area contributed by atoms with Gasteiger partial charge in [0.25, 0.3) is 0 Å². The molecule has 3 N–H and O–H groups in total. The second-order valence-corrected chi connectivity index (χ2v) is 8.55. The molecule has 0 amide bonds. The predicted molar refractivity (Wildman–Crippen MR) is 116 cm³/mol. The highest BCUT2D eigenvalue weighted by Crippen LogP contribution is 2.37. The van der Waals surface area contributed by atoms with E-state index in [-0.39, 0.29) is 19.3 Å². The summed E-state index contributed by atoms with van der Waals surface area (Å²) in [5.41, 5.74) is 2.71. The number of aromatic nitrogens is 3. The van der Waals surface area contributed by atoms with Crippen LogP contribution >= 0.6 is 11.3 Å². The Kier molecular flexibility index (Phi) is 6.20. The molecule has 4 rings (SSSR count). The van der Waals surface area contributed by atoms with Crippen LogP contribution in [0.4, 0.5) is 16.2 Å². The third-order valence-corrected chi connectivity index (χ3v) is 6.39. The molecule has 1 aliphatic carbocycles. The maximum absolute atomic E-state index is 12.5. The van der Waals surface area contributed by atoms with E-state index in [2.05, 4.69) is 21.7 Å². The van der Waals surface area contributed by atoms with Gasteiger partial charge >= 0.3 is 0 Å². The topological polar surface area (TPSA) is 83.0 Å². The van der Waals surface area contributed by atoms with Crippen molar-refractivity contribution in [2.24, 2.45) is 5.92 Å². The van der Waals surface area contributed by atoms with Crippen molar-refractivity contribution in [2.45, 2.75) is 38.6 Å². The molecule has 1 fully saturated rings. The normalized spacial score (nSPS) is 19.0. The van der Waals surface area contributed by atoms with Crippen LogP contribution in [-0.4, -0.2) is 45.9 Å². The van der Waals surface area contributed by atoms with E-state index in [1.807, 2.05) is 25.1 Å². The number of anilines is 2. The number of para-hydroxylation sites is 1. The van der Waals surface area contributed by atoms with Crippen LogP contribution in [-0.2, 0) is 0 Å². The third kappa shape index (κ3) is 4.48. The van der Waals surface area contributed by atoms with E-state index in [0.717, 1.165) is 51.6 Å². The first-order chi connectivity index (χ1) is 14.2. The van der Waals surface area contributed by atoms with Gasteiger partial charge in [0.1, 0.15) is 10.8 Å². The smallest absolute Gasteiger partial charge is 0.224 e. The first-order valence-electron chi connectivity index (χ1n) is 10.1. The number of benzene rings is 1. The van der Waals surface area contributed by atoms with Gasteiger partial charge in [-0.25, -0.2) is 9.97 Å². The molecule has 2 heterocycles. The fraction of sp³-hybridized carbons (Fsp3) is 0.476. The van der Waals surface area contributed by atoms with Gasteiger partial charge in [-0.3, -0.25) is 4.39 Å². The molecule has 29 heavy (non-hydrogen) atoms. The molecule has 0 bridgehead atoms. The number of halogens is 1. The Morgan fingerprint density at radius 3 is 2.83 bits per heavy atom. The monoisotopic (exact) mass is 415 g/mol. The van der Waals surface area contributed by atoms with Gasteiger partial charge in [-0.2, -0.15) is 4.98 Å². The summed E-state index contributed by atoms with van der Waals surface area (Å²) < 4.78 is 13.6. The zero-order chi connectivity index (χ0) is 20.2. The van der Waals surface area contributed by atoms with Crippen LogP contribution in [0.15, 0.2) is 24.3 Å². The Morgan fingerprint density at radius 2 is 2.07 bits per heavy atom. The van der Waals surface area contributed by atoms with Crippen molar-refractivity contribution in [1.29, 1.82) is 0 Å². The summed E-state index contributed by atoms with van der Waals surface area (Å²) in [4.78, 5) is 14.1. The SMILES string of the molecule is Cc1nc(NCCCF)nc(NC2CCC(CO)C2)c1-c1nc2ccccc2s1. The number of alkyl halides is 1. The van der Waals surface area contributed by atoms with Crippen LogP contribution in [0.25, 0.3) is 20.8 Å². The Bertz CT molecular complexity index is 946. The standard InChI is InChI=1S/C21H26FN5OS/c1-13-18(20-26-16-5-2-3-6-17(16)29-20)19(25-15-8-7-14(11-15)12-28)27-21(24-13)23-10-4-9-22/h2-3,5-6,14-15,28H,4,7-12H2,1H3,(H2,23,24,25,27). The van der Waals surface area contributed by atoms with Crippen molar-refractivity contribution in [3.63, 3.8) is 0 Å². The number of nitrogens with one attached hydrogen (secondary N) is 2. The van der Waals surface area contributed by atoms with Crippen LogP contribution in [0, 0.1) is 12.8 Å². The number of aliphatic hydroxyl groups excluding tert-OH is 1. The third-order valence-electron chi connectivity index (χ3n) is 5.33. The molecule has 6 nitrogen and oxygen atoms in total. The zero-order valence-electron chi connectivity index (χ0n) is 16.5. The van der Waals surface area contributed by atoms with Gasteiger partial charge in [-0.1, -0.05) is 12.1 Å². The molecule has 0 aliphatic heterocycles. The summed E-state index contributed by atoms with van der Waals surface area (Å²) in [6.45, 7) is 2.30. The fourth-order valence-corrected chi connectivity index (χ4v) is 4.89. The molecule has 0 spiro atoms. The highest BCUT2D eigenvalue weighted by atomic mass is 32.1. The Hall–Kier alpha value is -2.32. The molecule has 8 heteroatoms. The van der Waals surface area contributed by atoms with E-state index in [1.54, 1.807) is 11.3 Å². The maximum atomic E-state index is 12.5. The van der Waals surface area contributed by atoms with Gasteiger partial charge in [0.05, 0.1) is 28.1 Å². The highest BCUT2D eigenvalue weighted by Gasteiger charge is 2.26. The molecule has 0 saturated heterocycles. The van der Waals surface area contributed by atoms with Crippen molar-refractivity contribution in [3.05, 3.63) is 30.0 Å². The summed E-state index contributed by atoms with van der Waals surface area (Å²) in [5, 5.41) is 17.1. The number of aryl methyl sites for hydroxylation is 1. The molecular weight excluding hydrogens is 389 g/mol. The number of hydrogen-bond acceptors (Lipinski definition) is 7. The average molecular weight is 416 g/mol. The largest absolute Gasteiger partial charge is 0.396 e. The lowest BCUT2D eigenvalue weighted by Gasteiger charge is -2.18. The number of rotatable bonds is 8. The minimum absolute atomic E-state index is 0.224. The quantitative estimate of drug-likeness (QED) is 0.473. The minimum Gasteiger partial charge on any atom is -0.396 e. The second-order valence-electron chi connectivity index (χ2n) is 7.52. The first-order valence-corrected chi connectivity index (χ1v) is 10.9. The van der Waals surface area contributed by atoms with E-state index in [4.69, 9.17) is 9.97 Å². The van der Waals surface area contributed by atoms with E-state index in [0.29, 0.717) is 24.8 Å². The number of hydrogen-bond donors (Lipinski definition) is 3. The molecule has 2 unspecified atom stereocenters. The second kappa shape index (κ2) is 9.00. The van der Waals surface area contributed by atoms with E-state index >= 15 is 0 Å². The molecule has 2 aromatic heterocycles. The average Bonchev–Trinajstić information content (AvgIpc) is 3.34. The summed E-state index contributed by atoms with van der Waals surface area (Å²) in [6, 6.07) is 8.33. The van der Waals surface area contributed by atoms with E-state index < -0.39 is 0 Å². The number of nitrogens with zero attached hydrogens (tertiary/aromatic N) is 3. The molecule has 1 saturated carbocycles. The lowest BCUT2D eigenvalue weighted by atomic mass is 10.1. The van der Waals surface area contributed by atoms with Crippen LogP contribution in [0.1, 0.15) is 31.4 Å². The Labute approximate surface area is 173 Å². The number of aliphatic hydroxyl groups is 1. The molecule has 3 aromatic rings. The van der Waals surface area contributed by atoms with Crippen molar-refractivity contribution < 1.29 is 9.50 Å². The van der Waals surface area contributed by atoms with Gasteiger partial charge in [0.15, 0.2) is 0 Å². The molecule has 154 valence electrons. The molecular formula is C21H26FN5OS. The highest BCUT2D eigenvalue weighted by molar-refractivity contribution is 7.21. The zero-order valence-corrected chi connectivity index (χ0v) is 17.3.